The fourth-order valence-corrected chi connectivity index (χ4v) is 3.02. The zero-order chi connectivity index (χ0) is 9.54. The Balaban J connectivity index is 1.76. The Bertz CT molecular complexity index is 261. The second-order valence-corrected chi connectivity index (χ2v) is 5.19. The van der Waals surface area contributed by atoms with Crippen LogP contribution in [0, 0.1) is 11.8 Å². The predicted octanol–water partition coefficient (Wildman–Crippen LogP) is 1.64. The quantitative estimate of drug-likeness (QED) is 0.610. The Morgan fingerprint density at radius 1 is 1.36 bits per heavy atom. The van der Waals surface area contributed by atoms with Crippen molar-refractivity contribution in [2.24, 2.45) is 11.8 Å². The maximum absolute atomic E-state index is 3.73. The third kappa shape index (κ3) is 1.46. The van der Waals surface area contributed by atoms with Crippen LogP contribution < -0.4 is 10.6 Å². The van der Waals surface area contributed by atoms with Gasteiger partial charge in [-0.15, -0.1) is 0 Å². The van der Waals surface area contributed by atoms with E-state index in [1.807, 2.05) is 0 Å². The van der Waals surface area contributed by atoms with Crippen molar-refractivity contribution < 1.29 is 0 Å². The van der Waals surface area contributed by atoms with Crippen LogP contribution in [0.25, 0.3) is 0 Å². The molecule has 2 nitrogen and oxygen atoms in total. The predicted molar refractivity (Wildman–Crippen MR) is 57.9 cm³/mol. The van der Waals surface area contributed by atoms with Gasteiger partial charge >= 0.3 is 0 Å². The van der Waals surface area contributed by atoms with Gasteiger partial charge in [0.1, 0.15) is 0 Å². The number of rotatable bonds is 0. The molecule has 3 atom stereocenters. The smallest absolute Gasteiger partial charge is 0.0293 e. The minimum absolute atomic E-state index is 0.836. The van der Waals surface area contributed by atoms with E-state index in [1.165, 1.54) is 32.2 Å². The van der Waals surface area contributed by atoms with Crippen molar-refractivity contribution in [3.05, 3.63) is 11.3 Å². The van der Waals surface area contributed by atoms with Crippen LogP contribution >= 0.6 is 0 Å². The second kappa shape index (κ2) is 3.27. The van der Waals surface area contributed by atoms with Gasteiger partial charge in [0.15, 0.2) is 0 Å². The summed E-state index contributed by atoms with van der Waals surface area (Å²) in [4.78, 5) is 0. The highest BCUT2D eigenvalue weighted by Gasteiger charge is 2.45. The van der Waals surface area contributed by atoms with Crippen molar-refractivity contribution in [1.82, 2.24) is 10.6 Å². The average Bonchev–Trinajstić information content (AvgIpc) is 2.99. The minimum Gasteiger partial charge on any atom is -0.385 e. The van der Waals surface area contributed by atoms with E-state index in [9.17, 15) is 0 Å². The van der Waals surface area contributed by atoms with E-state index in [0.29, 0.717) is 0 Å². The van der Waals surface area contributed by atoms with E-state index in [1.54, 1.807) is 11.3 Å². The van der Waals surface area contributed by atoms with Gasteiger partial charge < -0.3 is 10.6 Å². The van der Waals surface area contributed by atoms with Crippen LogP contribution in [-0.4, -0.2) is 19.1 Å². The Hall–Kier alpha value is -0.500. The molecule has 3 rings (SSSR count). The minimum atomic E-state index is 0.836. The molecule has 1 aliphatic carbocycles. The van der Waals surface area contributed by atoms with Crippen LogP contribution in [0.1, 0.15) is 32.6 Å². The highest BCUT2D eigenvalue weighted by Crippen LogP contribution is 2.45. The Labute approximate surface area is 86.1 Å². The summed E-state index contributed by atoms with van der Waals surface area (Å²) < 4.78 is 0. The zero-order valence-corrected chi connectivity index (χ0v) is 8.97. The summed E-state index contributed by atoms with van der Waals surface area (Å²) in [5.74, 6) is 1.92. The molecule has 3 aliphatic rings. The van der Waals surface area contributed by atoms with Crippen molar-refractivity contribution in [1.29, 1.82) is 0 Å². The molecule has 0 aromatic rings. The van der Waals surface area contributed by atoms with E-state index in [0.717, 1.165) is 24.4 Å². The SMILES string of the molecule is CC1C/C(=C2/CCCNC2)NC2CC12. The third-order valence-corrected chi connectivity index (χ3v) is 4.05. The number of hydrogen-bond acceptors (Lipinski definition) is 2. The van der Waals surface area contributed by atoms with E-state index >= 15 is 0 Å². The Kier molecular flexibility index (Phi) is 2.05. The van der Waals surface area contributed by atoms with Crippen molar-refractivity contribution in [3.8, 4) is 0 Å². The number of piperidine rings is 2. The summed E-state index contributed by atoms with van der Waals surface area (Å²) in [7, 11) is 0. The fourth-order valence-electron chi connectivity index (χ4n) is 3.02. The third-order valence-electron chi connectivity index (χ3n) is 4.05. The lowest BCUT2D eigenvalue weighted by Gasteiger charge is -2.27. The summed E-state index contributed by atoms with van der Waals surface area (Å²) in [6.07, 6.45) is 5.37. The molecule has 2 N–H and O–H groups in total. The number of allylic oxidation sites excluding steroid dienone is 1. The van der Waals surface area contributed by atoms with Gasteiger partial charge in [-0.1, -0.05) is 6.92 Å². The first-order chi connectivity index (χ1) is 6.84. The van der Waals surface area contributed by atoms with Gasteiger partial charge in [-0.05, 0) is 49.6 Å². The van der Waals surface area contributed by atoms with Gasteiger partial charge in [-0.25, -0.2) is 0 Å². The molecular formula is C12H20N2. The van der Waals surface area contributed by atoms with Gasteiger partial charge in [-0.3, -0.25) is 0 Å². The number of hydrogen-bond donors (Lipinski definition) is 2. The van der Waals surface area contributed by atoms with Gasteiger partial charge in [0.2, 0.25) is 0 Å². The first-order valence-electron chi connectivity index (χ1n) is 6.03. The second-order valence-electron chi connectivity index (χ2n) is 5.19. The molecule has 0 spiro atoms. The zero-order valence-electron chi connectivity index (χ0n) is 8.97. The first-order valence-corrected chi connectivity index (χ1v) is 6.03. The lowest BCUT2D eigenvalue weighted by molar-refractivity contribution is 0.417. The topological polar surface area (TPSA) is 24.1 Å². The van der Waals surface area contributed by atoms with Gasteiger partial charge in [0.25, 0.3) is 0 Å². The molecule has 0 aromatic heterocycles. The normalized spacial score (nSPS) is 46.8. The first kappa shape index (κ1) is 8.78. The van der Waals surface area contributed by atoms with Crippen molar-refractivity contribution in [3.63, 3.8) is 0 Å². The maximum Gasteiger partial charge on any atom is 0.0293 e. The summed E-state index contributed by atoms with van der Waals surface area (Å²) in [6, 6.07) is 0.836. The van der Waals surface area contributed by atoms with Crippen LogP contribution in [0.3, 0.4) is 0 Å². The average molecular weight is 192 g/mol. The van der Waals surface area contributed by atoms with Gasteiger partial charge in [0, 0.05) is 18.3 Å². The van der Waals surface area contributed by atoms with E-state index in [4.69, 9.17) is 0 Å². The van der Waals surface area contributed by atoms with Gasteiger partial charge in [0.05, 0.1) is 0 Å². The number of nitrogens with one attached hydrogen (secondary N) is 2. The molecular weight excluding hydrogens is 172 g/mol. The largest absolute Gasteiger partial charge is 0.385 e. The molecule has 14 heavy (non-hydrogen) atoms. The highest BCUT2D eigenvalue weighted by molar-refractivity contribution is 5.22. The molecule has 0 bridgehead atoms. The monoisotopic (exact) mass is 192 g/mol. The maximum atomic E-state index is 3.73. The van der Waals surface area contributed by atoms with Crippen LogP contribution in [0.15, 0.2) is 11.3 Å². The molecule has 0 radical (unpaired) electrons. The number of fused-ring (bicyclic) bond motifs is 1. The lowest BCUT2D eigenvalue weighted by atomic mass is 9.92. The van der Waals surface area contributed by atoms with E-state index < -0.39 is 0 Å². The molecule has 0 amide bonds. The highest BCUT2D eigenvalue weighted by atomic mass is 15.0. The van der Waals surface area contributed by atoms with Crippen molar-refractivity contribution >= 4 is 0 Å². The van der Waals surface area contributed by atoms with Crippen LogP contribution in [0.4, 0.5) is 0 Å². The Morgan fingerprint density at radius 3 is 3.00 bits per heavy atom. The fraction of sp³-hybridized carbons (Fsp3) is 0.833. The molecule has 2 saturated heterocycles. The molecule has 2 heterocycles. The van der Waals surface area contributed by atoms with E-state index in [-0.39, 0.29) is 0 Å². The van der Waals surface area contributed by atoms with Crippen LogP contribution in [0.2, 0.25) is 0 Å². The molecule has 3 fully saturated rings. The molecule has 2 aliphatic heterocycles. The standard InChI is InChI=1S/C12H20N2/c1-8-5-11(14-12-6-10(8)12)9-3-2-4-13-7-9/h8,10,12-14H,2-7H2,1H3/b11-9+. The molecule has 78 valence electrons. The summed E-state index contributed by atoms with van der Waals surface area (Å²) in [5, 5.41) is 7.21. The Morgan fingerprint density at radius 2 is 2.29 bits per heavy atom. The summed E-state index contributed by atoms with van der Waals surface area (Å²) in [6.45, 7) is 4.76. The lowest BCUT2D eigenvalue weighted by Crippen LogP contribution is -2.32. The van der Waals surface area contributed by atoms with Crippen molar-refractivity contribution in [2.75, 3.05) is 13.1 Å². The molecule has 3 unspecified atom stereocenters. The molecule has 0 aromatic carbocycles. The van der Waals surface area contributed by atoms with Crippen LogP contribution in [0.5, 0.6) is 0 Å². The molecule has 1 saturated carbocycles. The molecule has 2 heteroatoms. The van der Waals surface area contributed by atoms with Gasteiger partial charge in [-0.2, -0.15) is 0 Å². The summed E-state index contributed by atoms with van der Waals surface area (Å²) in [5.41, 5.74) is 3.25. The van der Waals surface area contributed by atoms with E-state index in [2.05, 4.69) is 17.6 Å². The van der Waals surface area contributed by atoms with Crippen LogP contribution in [-0.2, 0) is 0 Å². The summed E-state index contributed by atoms with van der Waals surface area (Å²) >= 11 is 0. The van der Waals surface area contributed by atoms with Crippen molar-refractivity contribution in [2.45, 2.75) is 38.6 Å².